The van der Waals surface area contributed by atoms with Gasteiger partial charge in [0.15, 0.2) is 0 Å². The minimum atomic E-state index is 0.887. The predicted molar refractivity (Wildman–Crippen MR) is 65.9 cm³/mol. The van der Waals surface area contributed by atoms with Gasteiger partial charge >= 0.3 is 0 Å². The van der Waals surface area contributed by atoms with Crippen LogP contribution in [0.3, 0.4) is 0 Å². The first kappa shape index (κ1) is 11.4. The largest absolute Gasteiger partial charge is 0.300 e. The van der Waals surface area contributed by atoms with Crippen LogP contribution in [0.4, 0.5) is 0 Å². The predicted octanol–water partition coefficient (Wildman–Crippen LogP) is 3.54. The van der Waals surface area contributed by atoms with E-state index in [-0.39, 0.29) is 0 Å². The zero-order valence-corrected chi connectivity index (χ0v) is 10.7. The van der Waals surface area contributed by atoms with Crippen LogP contribution in [0.25, 0.3) is 0 Å². The molecule has 1 heterocycles. The Balaban J connectivity index is 1.90. The summed E-state index contributed by atoms with van der Waals surface area (Å²) in [6, 6.07) is 0.965. The zero-order valence-electron chi connectivity index (χ0n) is 10.7. The van der Waals surface area contributed by atoms with Gasteiger partial charge in [0.1, 0.15) is 0 Å². The summed E-state index contributed by atoms with van der Waals surface area (Å²) in [6.45, 7) is 9.97. The molecule has 0 radical (unpaired) electrons. The van der Waals surface area contributed by atoms with Gasteiger partial charge in [0.05, 0.1) is 0 Å². The molecule has 1 saturated heterocycles. The molecule has 2 rings (SSSR count). The standard InChI is InChI=1S/C14H27N/c1-4-12-10-15(13-6-5-7-13)9-8-14(12)11(2)3/h11-14H,4-10H2,1-3H3/t12-,14+/m0/s1. The Morgan fingerprint density at radius 3 is 2.40 bits per heavy atom. The van der Waals surface area contributed by atoms with Crippen LogP contribution in [0.5, 0.6) is 0 Å². The minimum absolute atomic E-state index is 0.887. The van der Waals surface area contributed by atoms with Crippen molar-refractivity contribution in [1.82, 2.24) is 4.90 Å². The van der Waals surface area contributed by atoms with Gasteiger partial charge in [-0.2, -0.15) is 0 Å². The summed E-state index contributed by atoms with van der Waals surface area (Å²) in [7, 11) is 0. The normalized spacial score (nSPS) is 34.4. The lowest BCUT2D eigenvalue weighted by Crippen LogP contribution is -2.49. The lowest BCUT2D eigenvalue weighted by Gasteiger charge is -2.46. The van der Waals surface area contributed by atoms with Gasteiger partial charge in [0.2, 0.25) is 0 Å². The van der Waals surface area contributed by atoms with Gasteiger partial charge in [-0.15, -0.1) is 0 Å². The minimum Gasteiger partial charge on any atom is -0.300 e. The van der Waals surface area contributed by atoms with Crippen LogP contribution in [0.2, 0.25) is 0 Å². The van der Waals surface area contributed by atoms with Crippen molar-refractivity contribution in [3.8, 4) is 0 Å². The van der Waals surface area contributed by atoms with E-state index < -0.39 is 0 Å². The number of rotatable bonds is 3. The molecular weight excluding hydrogens is 182 g/mol. The maximum absolute atomic E-state index is 2.79. The van der Waals surface area contributed by atoms with Crippen LogP contribution in [-0.2, 0) is 0 Å². The molecule has 88 valence electrons. The van der Waals surface area contributed by atoms with Gasteiger partial charge in [-0.05, 0) is 43.6 Å². The van der Waals surface area contributed by atoms with Crippen LogP contribution in [0.1, 0.15) is 52.9 Å². The van der Waals surface area contributed by atoms with Crippen molar-refractivity contribution in [1.29, 1.82) is 0 Å². The molecule has 0 aromatic carbocycles. The van der Waals surface area contributed by atoms with Crippen LogP contribution in [-0.4, -0.2) is 24.0 Å². The Bertz CT molecular complexity index is 196. The van der Waals surface area contributed by atoms with Gasteiger partial charge in [-0.3, -0.25) is 0 Å². The molecule has 0 aromatic heterocycles. The smallest absolute Gasteiger partial charge is 0.00953 e. The average molecular weight is 209 g/mol. The molecule has 1 nitrogen and oxygen atoms in total. The van der Waals surface area contributed by atoms with Gasteiger partial charge in [0.25, 0.3) is 0 Å². The van der Waals surface area contributed by atoms with E-state index >= 15 is 0 Å². The molecule has 2 fully saturated rings. The molecule has 2 aliphatic rings. The van der Waals surface area contributed by atoms with Crippen molar-refractivity contribution in [3.05, 3.63) is 0 Å². The average Bonchev–Trinajstić information content (AvgIpc) is 2.14. The van der Waals surface area contributed by atoms with Crippen molar-refractivity contribution in [2.24, 2.45) is 17.8 Å². The van der Waals surface area contributed by atoms with Crippen molar-refractivity contribution in [2.45, 2.75) is 58.9 Å². The van der Waals surface area contributed by atoms with Gasteiger partial charge in [0, 0.05) is 12.6 Å². The SMILES string of the molecule is CC[C@H]1CN(C2CCC2)CC[C@@H]1C(C)C. The number of likely N-dealkylation sites (tertiary alicyclic amines) is 1. The molecule has 0 N–H and O–H groups in total. The molecule has 0 unspecified atom stereocenters. The van der Waals surface area contributed by atoms with E-state index in [0.717, 1.165) is 23.8 Å². The third-order valence-electron chi connectivity index (χ3n) is 4.80. The third kappa shape index (κ3) is 2.38. The van der Waals surface area contributed by atoms with E-state index in [9.17, 15) is 0 Å². The van der Waals surface area contributed by atoms with E-state index in [1.54, 1.807) is 0 Å². The highest BCUT2D eigenvalue weighted by molar-refractivity contribution is 4.87. The molecule has 1 aliphatic carbocycles. The number of hydrogen-bond acceptors (Lipinski definition) is 1. The van der Waals surface area contributed by atoms with Crippen LogP contribution >= 0.6 is 0 Å². The zero-order chi connectivity index (χ0) is 10.8. The summed E-state index contributed by atoms with van der Waals surface area (Å²) in [5.74, 6) is 2.85. The summed E-state index contributed by atoms with van der Waals surface area (Å²) in [4.78, 5) is 2.79. The molecule has 2 atom stereocenters. The first-order valence-electron chi connectivity index (χ1n) is 6.96. The highest BCUT2D eigenvalue weighted by Gasteiger charge is 2.34. The maximum atomic E-state index is 2.79. The van der Waals surface area contributed by atoms with E-state index in [4.69, 9.17) is 0 Å². The molecule has 15 heavy (non-hydrogen) atoms. The quantitative estimate of drug-likeness (QED) is 0.687. The van der Waals surface area contributed by atoms with Crippen molar-refractivity contribution in [2.75, 3.05) is 13.1 Å². The molecule has 1 saturated carbocycles. The number of nitrogens with zero attached hydrogens (tertiary/aromatic N) is 1. The molecule has 0 bridgehead atoms. The number of piperidine rings is 1. The summed E-state index contributed by atoms with van der Waals surface area (Å²) < 4.78 is 0. The van der Waals surface area contributed by atoms with Gasteiger partial charge < -0.3 is 4.90 Å². The first-order valence-corrected chi connectivity index (χ1v) is 6.96. The highest BCUT2D eigenvalue weighted by Crippen LogP contribution is 2.35. The highest BCUT2D eigenvalue weighted by atomic mass is 15.2. The fourth-order valence-electron chi connectivity index (χ4n) is 3.47. The van der Waals surface area contributed by atoms with Crippen molar-refractivity contribution in [3.63, 3.8) is 0 Å². The fourth-order valence-corrected chi connectivity index (χ4v) is 3.47. The molecule has 1 heteroatoms. The second-order valence-electron chi connectivity index (χ2n) is 5.94. The second-order valence-corrected chi connectivity index (χ2v) is 5.94. The lowest BCUT2D eigenvalue weighted by molar-refractivity contribution is 0.0312. The summed E-state index contributed by atoms with van der Waals surface area (Å²) in [5, 5.41) is 0. The lowest BCUT2D eigenvalue weighted by atomic mass is 9.75. The summed E-state index contributed by atoms with van der Waals surface area (Å²) >= 11 is 0. The van der Waals surface area contributed by atoms with E-state index in [0.29, 0.717) is 0 Å². The van der Waals surface area contributed by atoms with E-state index in [2.05, 4.69) is 25.7 Å². The van der Waals surface area contributed by atoms with Crippen LogP contribution in [0.15, 0.2) is 0 Å². The monoisotopic (exact) mass is 209 g/mol. The molecule has 0 spiro atoms. The Hall–Kier alpha value is -0.0400. The van der Waals surface area contributed by atoms with E-state index in [1.807, 2.05) is 0 Å². The molecule has 0 amide bonds. The summed E-state index contributed by atoms with van der Waals surface area (Å²) in [5.41, 5.74) is 0. The molecule has 1 aliphatic heterocycles. The Labute approximate surface area is 95.2 Å². The Morgan fingerprint density at radius 2 is 1.93 bits per heavy atom. The fraction of sp³-hybridized carbons (Fsp3) is 1.00. The Kier molecular flexibility index (Phi) is 3.71. The van der Waals surface area contributed by atoms with Crippen molar-refractivity contribution < 1.29 is 0 Å². The Morgan fingerprint density at radius 1 is 1.20 bits per heavy atom. The maximum Gasteiger partial charge on any atom is 0.00953 e. The summed E-state index contributed by atoms with van der Waals surface area (Å²) in [6.07, 6.45) is 7.26. The van der Waals surface area contributed by atoms with E-state index in [1.165, 1.54) is 45.2 Å². The van der Waals surface area contributed by atoms with Crippen molar-refractivity contribution >= 4 is 0 Å². The third-order valence-corrected chi connectivity index (χ3v) is 4.80. The molecular formula is C14H27N. The number of hydrogen-bond donors (Lipinski definition) is 0. The van der Waals surface area contributed by atoms with Crippen LogP contribution < -0.4 is 0 Å². The first-order chi connectivity index (χ1) is 7.22. The topological polar surface area (TPSA) is 3.24 Å². The van der Waals surface area contributed by atoms with Gasteiger partial charge in [-0.25, -0.2) is 0 Å². The van der Waals surface area contributed by atoms with Gasteiger partial charge in [-0.1, -0.05) is 33.6 Å². The van der Waals surface area contributed by atoms with Crippen LogP contribution in [0, 0.1) is 17.8 Å². The molecule has 0 aromatic rings. The second kappa shape index (κ2) is 4.86.